The van der Waals surface area contributed by atoms with Crippen LogP contribution in [0.2, 0.25) is 0 Å². The number of carbonyl (C=O) groups is 2. The molecule has 3 aliphatic rings. The molecular formula is C22H22N2O5S. The molecule has 0 saturated carbocycles. The number of fused-ring (bicyclic) bond motifs is 6. The Morgan fingerprint density at radius 3 is 2.37 bits per heavy atom. The molecule has 2 aromatic carbocycles. The summed E-state index contributed by atoms with van der Waals surface area (Å²) >= 11 is 0. The van der Waals surface area contributed by atoms with Crippen LogP contribution >= 0.6 is 0 Å². The molecule has 0 aromatic heterocycles. The van der Waals surface area contributed by atoms with Crippen LogP contribution in [0.3, 0.4) is 0 Å². The molecule has 0 aliphatic carbocycles. The number of carboxylic acid groups (broad SMARTS) is 1. The summed E-state index contributed by atoms with van der Waals surface area (Å²) in [6.45, 7) is 0.610. The Hall–Kier alpha value is -2.71. The third-order valence-electron chi connectivity index (χ3n) is 6.95. The average molecular weight is 426 g/mol. The molecule has 0 radical (unpaired) electrons. The van der Waals surface area contributed by atoms with Crippen molar-refractivity contribution in [3.05, 3.63) is 65.2 Å². The molecule has 5 rings (SSSR count). The van der Waals surface area contributed by atoms with Crippen LogP contribution in [0.25, 0.3) is 0 Å². The quantitative estimate of drug-likeness (QED) is 0.794. The summed E-state index contributed by atoms with van der Waals surface area (Å²) in [5.41, 5.74) is 2.02. The zero-order valence-corrected chi connectivity index (χ0v) is 17.3. The smallest absolute Gasteiger partial charge is 0.313 e. The molecule has 0 unspecified atom stereocenters. The number of piperidine rings is 1. The monoisotopic (exact) mass is 426 g/mol. The van der Waals surface area contributed by atoms with Gasteiger partial charge in [0.15, 0.2) is 0 Å². The normalized spacial score (nSPS) is 25.0. The summed E-state index contributed by atoms with van der Waals surface area (Å²) in [6.07, 6.45) is 2.13. The van der Waals surface area contributed by atoms with Crippen molar-refractivity contribution in [2.75, 3.05) is 24.2 Å². The molecule has 1 amide bonds. The molecule has 2 aromatic rings. The minimum absolute atomic E-state index is 0.192. The summed E-state index contributed by atoms with van der Waals surface area (Å²) in [5, 5.41) is 10.2. The van der Waals surface area contributed by atoms with E-state index >= 15 is 0 Å². The number of anilines is 1. The Kier molecular flexibility index (Phi) is 4.10. The third kappa shape index (κ3) is 2.50. The number of carboxylic acids is 1. The van der Waals surface area contributed by atoms with Crippen molar-refractivity contribution in [2.45, 2.75) is 30.2 Å². The molecule has 3 heterocycles. The fourth-order valence-corrected chi connectivity index (χ4v) is 6.52. The van der Waals surface area contributed by atoms with E-state index in [0.717, 1.165) is 11.3 Å². The van der Waals surface area contributed by atoms with E-state index in [-0.39, 0.29) is 5.91 Å². The fraction of sp³-hybridized carbons (Fsp3) is 0.364. The van der Waals surface area contributed by atoms with E-state index < -0.39 is 33.4 Å². The molecule has 2 atom stereocenters. The summed E-state index contributed by atoms with van der Waals surface area (Å²) in [5.74, 6) is -2.04. The Balaban J connectivity index is 1.71. The van der Waals surface area contributed by atoms with Crippen LogP contribution < -0.4 is 4.90 Å². The van der Waals surface area contributed by atoms with Gasteiger partial charge in [0.2, 0.25) is 10.0 Å². The molecule has 1 fully saturated rings. The number of benzene rings is 2. The van der Waals surface area contributed by atoms with Gasteiger partial charge in [0.1, 0.15) is 5.92 Å². The first-order valence-corrected chi connectivity index (χ1v) is 11.8. The third-order valence-corrected chi connectivity index (χ3v) is 8.26. The van der Waals surface area contributed by atoms with Crippen LogP contribution in [-0.4, -0.2) is 55.1 Å². The van der Waals surface area contributed by atoms with Crippen LogP contribution in [0.1, 0.15) is 40.2 Å². The highest BCUT2D eigenvalue weighted by atomic mass is 32.2. The molecule has 30 heavy (non-hydrogen) atoms. The molecule has 1 saturated heterocycles. The number of aliphatic carboxylic acids is 1. The lowest BCUT2D eigenvalue weighted by Crippen LogP contribution is -2.59. The van der Waals surface area contributed by atoms with Crippen molar-refractivity contribution in [2.24, 2.45) is 0 Å². The molecule has 3 aliphatic heterocycles. The first-order valence-electron chi connectivity index (χ1n) is 9.96. The topological polar surface area (TPSA) is 95.0 Å². The van der Waals surface area contributed by atoms with Gasteiger partial charge in [-0.25, -0.2) is 12.7 Å². The van der Waals surface area contributed by atoms with Gasteiger partial charge >= 0.3 is 5.97 Å². The van der Waals surface area contributed by atoms with Crippen LogP contribution in [0, 0.1) is 0 Å². The summed E-state index contributed by atoms with van der Waals surface area (Å²) in [6, 6.07) is 13.9. The summed E-state index contributed by atoms with van der Waals surface area (Å²) in [4.78, 5) is 27.7. The molecule has 8 heteroatoms. The van der Waals surface area contributed by atoms with Crippen molar-refractivity contribution < 1.29 is 23.1 Å². The van der Waals surface area contributed by atoms with Gasteiger partial charge in [-0.3, -0.25) is 9.59 Å². The van der Waals surface area contributed by atoms with Crippen LogP contribution in [0.15, 0.2) is 48.5 Å². The van der Waals surface area contributed by atoms with Gasteiger partial charge in [0, 0.05) is 29.8 Å². The first kappa shape index (κ1) is 19.3. The zero-order chi connectivity index (χ0) is 21.3. The highest BCUT2D eigenvalue weighted by molar-refractivity contribution is 7.88. The maximum atomic E-state index is 13.5. The maximum absolute atomic E-state index is 13.5. The van der Waals surface area contributed by atoms with Crippen LogP contribution in [-0.2, 0) is 20.2 Å². The van der Waals surface area contributed by atoms with Crippen LogP contribution in [0.5, 0.6) is 0 Å². The number of carbonyl (C=O) groups excluding carboxylic acids is 1. The van der Waals surface area contributed by atoms with Crippen molar-refractivity contribution in [1.29, 1.82) is 0 Å². The largest absolute Gasteiger partial charge is 0.481 e. The van der Waals surface area contributed by atoms with Crippen LogP contribution in [0.4, 0.5) is 5.69 Å². The van der Waals surface area contributed by atoms with Gasteiger partial charge < -0.3 is 10.0 Å². The molecule has 7 nitrogen and oxygen atoms in total. The number of para-hydroxylation sites is 1. The van der Waals surface area contributed by atoms with Crippen molar-refractivity contribution in [1.82, 2.24) is 4.31 Å². The molecule has 1 spiro atoms. The Morgan fingerprint density at radius 2 is 1.70 bits per heavy atom. The minimum atomic E-state index is -3.33. The maximum Gasteiger partial charge on any atom is 0.313 e. The molecule has 0 bridgehead atoms. The molecular weight excluding hydrogens is 404 g/mol. The SMILES string of the molecule is CS(=O)(=O)N1CCC2(CC1)c1ccccc1N1C(=O)c3ccccc3[C@H](C(=O)O)[C@H]12. The van der Waals surface area contributed by atoms with E-state index in [9.17, 15) is 23.1 Å². The van der Waals surface area contributed by atoms with Gasteiger partial charge in [-0.2, -0.15) is 0 Å². The zero-order valence-electron chi connectivity index (χ0n) is 16.5. The number of hydrogen-bond donors (Lipinski definition) is 1. The first-order chi connectivity index (χ1) is 14.3. The Morgan fingerprint density at radius 1 is 1.07 bits per heavy atom. The predicted octanol–water partition coefficient (Wildman–Crippen LogP) is 2.19. The van der Waals surface area contributed by atoms with E-state index in [0.29, 0.717) is 37.1 Å². The van der Waals surface area contributed by atoms with Crippen molar-refractivity contribution in [3.63, 3.8) is 0 Å². The van der Waals surface area contributed by atoms with E-state index in [1.807, 2.05) is 24.3 Å². The summed E-state index contributed by atoms with van der Waals surface area (Å²) < 4.78 is 25.6. The van der Waals surface area contributed by atoms with Gasteiger partial charge in [-0.15, -0.1) is 0 Å². The highest BCUT2D eigenvalue weighted by Crippen LogP contribution is 2.57. The van der Waals surface area contributed by atoms with Gasteiger partial charge in [-0.05, 0) is 36.1 Å². The predicted molar refractivity (Wildman–Crippen MR) is 111 cm³/mol. The molecule has 1 N–H and O–H groups in total. The second-order valence-corrected chi connectivity index (χ2v) is 10.3. The van der Waals surface area contributed by atoms with E-state index in [1.54, 1.807) is 29.2 Å². The Labute approximate surface area is 175 Å². The average Bonchev–Trinajstić information content (AvgIpc) is 2.98. The second kappa shape index (κ2) is 6.39. The van der Waals surface area contributed by atoms with Crippen molar-refractivity contribution >= 4 is 27.6 Å². The second-order valence-electron chi connectivity index (χ2n) is 8.36. The van der Waals surface area contributed by atoms with Gasteiger partial charge in [0.05, 0.1) is 12.3 Å². The number of sulfonamides is 1. The highest BCUT2D eigenvalue weighted by Gasteiger charge is 2.61. The number of amides is 1. The number of rotatable bonds is 2. The lowest BCUT2D eigenvalue weighted by atomic mass is 9.64. The Bertz CT molecular complexity index is 1170. The van der Waals surface area contributed by atoms with Gasteiger partial charge in [0.25, 0.3) is 5.91 Å². The van der Waals surface area contributed by atoms with E-state index in [4.69, 9.17) is 0 Å². The standard InChI is InChI=1S/C22H22N2O5S/c1-30(28,29)23-12-10-22(11-13-23)16-8-4-5-9-17(16)24-19(22)18(21(26)27)14-6-2-3-7-15(14)20(24)25/h2-9,18-19H,10-13H2,1H3,(H,26,27)/t18-,19-/m0/s1. The lowest BCUT2D eigenvalue weighted by Gasteiger charge is -2.48. The summed E-state index contributed by atoms with van der Waals surface area (Å²) in [7, 11) is -3.33. The minimum Gasteiger partial charge on any atom is -0.481 e. The molecule has 156 valence electrons. The lowest BCUT2D eigenvalue weighted by molar-refractivity contribution is -0.140. The van der Waals surface area contributed by atoms with E-state index in [2.05, 4.69) is 0 Å². The van der Waals surface area contributed by atoms with Crippen molar-refractivity contribution in [3.8, 4) is 0 Å². The van der Waals surface area contributed by atoms with E-state index in [1.165, 1.54) is 10.6 Å². The number of nitrogens with zero attached hydrogens (tertiary/aromatic N) is 2. The van der Waals surface area contributed by atoms with Gasteiger partial charge in [-0.1, -0.05) is 36.4 Å². The fourth-order valence-electron chi connectivity index (χ4n) is 5.68. The number of hydrogen-bond acceptors (Lipinski definition) is 4.